The molecule has 9 aromatic rings. The zero-order chi connectivity index (χ0) is 61.0. The Morgan fingerprint density at radius 3 is 1.56 bits per heavy atom. The Morgan fingerprint density at radius 2 is 0.966 bits per heavy atom. The Bertz CT molecular complexity index is 4490. The lowest BCUT2D eigenvalue weighted by atomic mass is 9.33. The van der Waals surface area contributed by atoms with Crippen molar-refractivity contribution in [3.05, 3.63) is 160 Å². The zero-order valence-corrected chi connectivity index (χ0v) is 55.8. The quantitative estimate of drug-likeness (QED) is 0.165. The highest BCUT2D eigenvalue weighted by atomic mass is 16.3. The van der Waals surface area contributed by atoms with E-state index in [2.05, 4.69) is 259 Å². The molecule has 6 heterocycles. The fourth-order valence-corrected chi connectivity index (χ4v) is 19.1. The molecule has 2 saturated carbocycles. The van der Waals surface area contributed by atoms with E-state index >= 15 is 0 Å². The number of fused-ring (bicyclic) bond motifs is 16. The molecule has 4 unspecified atom stereocenters. The van der Waals surface area contributed by atoms with Crippen LogP contribution in [0.1, 0.15) is 226 Å². The van der Waals surface area contributed by atoms with Gasteiger partial charge in [-0.05, 0) is 208 Å². The van der Waals surface area contributed by atoms with Crippen LogP contribution in [0.4, 0.5) is 39.8 Å². The maximum Gasteiger partial charge on any atom is 0.252 e. The van der Waals surface area contributed by atoms with Gasteiger partial charge in [0, 0.05) is 67.1 Å². The van der Waals surface area contributed by atoms with E-state index in [0.717, 1.165) is 35.8 Å². The van der Waals surface area contributed by atoms with E-state index in [1.807, 2.05) is 0 Å². The van der Waals surface area contributed by atoms with E-state index in [1.165, 1.54) is 168 Å². The third-order valence-electron chi connectivity index (χ3n) is 24.9. The number of para-hydroxylation sites is 1. The highest BCUT2D eigenvalue weighted by Gasteiger charge is 2.60. The fourth-order valence-electron chi connectivity index (χ4n) is 19.1. The van der Waals surface area contributed by atoms with Crippen molar-refractivity contribution in [3.63, 3.8) is 0 Å². The van der Waals surface area contributed by atoms with Gasteiger partial charge < -0.3 is 23.7 Å². The van der Waals surface area contributed by atoms with Crippen LogP contribution in [0.25, 0.3) is 38.7 Å². The summed E-state index contributed by atoms with van der Waals surface area (Å²) < 4.78 is 9.94. The molecule has 7 aromatic carbocycles. The first-order chi connectivity index (χ1) is 40.9. The number of hydrogen-bond acceptors (Lipinski definition) is 4. The Balaban J connectivity index is 1.06. The zero-order valence-electron chi connectivity index (χ0n) is 55.8. The first kappa shape index (κ1) is 55.6. The Hall–Kier alpha value is -6.66. The van der Waals surface area contributed by atoms with Crippen LogP contribution in [0.3, 0.4) is 0 Å². The second-order valence-corrected chi connectivity index (χ2v) is 33.9. The molecular formula is C81H93BN4O. The number of nitrogens with zero attached hydrogens (tertiary/aromatic N) is 4. The molecule has 4 aliphatic heterocycles. The second-order valence-electron chi connectivity index (χ2n) is 33.9. The van der Waals surface area contributed by atoms with Crippen molar-refractivity contribution in [2.45, 2.75) is 238 Å². The average molecular weight is 1150 g/mol. The molecule has 0 bridgehead atoms. The fraction of sp³-hybridized carbons (Fsp3) is 0.457. The number of aryl methyl sites for hydroxylation is 1. The van der Waals surface area contributed by atoms with Crippen LogP contribution in [0.15, 0.2) is 120 Å². The summed E-state index contributed by atoms with van der Waals surface area (Å²) >= 11 is 0. The van der Waals surface area contributed by atoms with Crippen molar-refractivity contribution < 1.29 is 4.42 Å². The van der Waals surface area contributed by atoms with Gasteiger partial charge in [-0.1, -0.05) is 184 Å². The van der Waals surface area contributed by atoms with Crippen molar-refractivity contribution in [2.24, 2.45) is 0 Å². The van der Waals surface area contributed by atoms with Crippen LogP contribution in [0.5, 0.6) is 0 Å². The van der Waals surface area contributed by atoms with Crippen molar-refractivity contribution >= 4 is 95.9 Å². The minimum Gasteiger partial charge on any atom is -0.454 e. The highest BCUT2D eigenvalue weighted by Crippen LogP contribution is 2.64. The Morgan fingerprint density at radius 1 is 0.425 bits per heavy atom. The van der Waals surface area contributed by atoms with Gasteiger partial charge in [0.1, 0.15) is 11.1 Å². The van der Waals surface area contributed by atoms with Gasteiger partial charge in [0.2, 0.25) is 0 Å². The van der Waals surface area contributed by atoms with Crippen LogP contribution in [-0.2, 0) is 37.9 Å². The van der Waals surface area contributed by atoms with Gasteiger partial charge in [-0.2, -0.15) is 0 Å². The molecular weight excluding hydrogens is 1060 g/mol. The molecule has 2 fully saturated rings. The summed E-state index contributed by atoms with van der Waals surface area (Å²) in [5.74, 6) is 0. The summed E-state index contributed by atoms with van der Waals surface area (Å²) in [6, 6.07) is 47.6. The number of rotatable bonds is 3. The lowest BCUT2D eigenvalue weighted by Crippen LogP contribution is -2.61. The molecule has 0 radical (unpaired) electrons. The van der Waals surface area contributed by atoms with Crippen LogP contribution in [0, 0.1) is 6.92 Å². The molecule has 2 aromatic heterocycles. The summed E-state index contributed by atoms with van der Waals surface area (Å²) in [6.45, 7) is 44.3. The summed E-state index contributed by atoms with van der Waals surface area (Å²) in [7, 11) is 0. The van der Waals surface area contributed by atoms with Gasteiger partial charge in [-0.3, -0.25) is 0 Å². The molecule has 0 saturated heterocycles. The van der Waals surface area contributed by atoms with E-state index in [4.69, 9.17) is 4.42 Å². The molecule has 4 atom stereocenters. The minimum absolute atomic E-state index is 0.000961. The molecule has 3 aliphatic carbocycles. The van der Waals surface area contributed by atoms with Gasteiger partial charge >= 0.3 is 0 Å². The van der Waals surface area contributed by atoms with Gasteiger partial charge in [-0.25, -0.2) is 0 Å². The van der Waals surface area contributed by atoms with Crippen LogP contribution < -0.4 is 31.1 Å². The Labute approximate surface area is 520 Å². The Kier molecular flexibility index (Phi) is 11.1. The topological polar surface area (TPSA) is 27.8 Å². The number of anilines is 7. The lowest BCUT2D eigenvalue weighted by Gasteiger charge is -2.51. The lowest BCUT2D eigenvalue weighted by molar-refractivity contribution is 0.195. The molecule has 16 rings (SSSR count). The standard InChI is InChI=1S/C81H93BN4O/c1-48-39-56-57(77(13,14)38-37-76(56,11)12)47-64(48)83-65-44-52(85-62-31-27-49(73(2,3)4)41-58(62)78(15)33-21-23-35-80(78,85)17)29-30-60(65)82-61-43-51(75(8,9)10)40-55-70(61)84(71-54-25-19-20-26-68(54)87-72(55)71)67-46-53(45-66(83)69(67)82)86-63-32-28-50(74(5,6)7)42-59(63)79(16)34-22-24-36-81(79,86)18/h19-20,25-32,39-47H,21-24,33-38H2,1-18H3. The third kappa shape index (κ3) is 7.22. The molecule has 0 N–H and O–H groups in total. The molecule has 6 heteroatoms. The smallest absolute Gasteiger partial charge is 0.252 e. The molecule has 87 heavy (non-hydrogen) atoms. The van der Waals surface area contributed by atoms with E-state index < -0.39 is 0 Å². The summed E-state index contributed by atoms with van der Waals surface area (Å²) in [4.78, 5) is 8.53. The first-order valence-electron chi connectivity index (χ1n) is 33.6. The maximum absolute atomic E-state index is 7.25. The second kappa shape index (κ2) is 17.4. The van der Waals surface area contributed by atoms with Crippen LogP contribution >= 0.6 is 0 Å². The minimum atomic E-state index is -0.178. The van der Waals surface area contributed by atoms with Crippen molar-refractivity contribution in [2.75, 3.05) is 14.7 Å². The average Bonchev–Trinajstić information content (AvgIpc) is 1.63. The van der Waals surface area contributed by atoms with E-state index in [9.17, 15) is 0 Å². The maximum atomic E-state index is 7.25. The van der Waals surface area contributed by atoms with Gasteiger partial charge in [0.25, 0.3) is 6.71 Å². The van der Waals surface area contributed by atoms with Gasteiger partial charge in [0.15, 0.2) is 5.58 Å². The summed E-state index contributed by atoms with van der Waals surface area (Å²) in [5, 5.41) is 2.37. The molecule has 7 aliphatic rings. The highest BCUT2D eigenvalue weighted by molar-refractivity contribution is 7.00. The SMILES string of the molecule is Cc1cc2c(cc1N1c3cc(N4c5ccc(C(C)(C)C)cc5C5(C)CCCCC45C)ccc3B3c4c1cc(N1c5ccc(C(C)(C)C)cc5C5(C)CCCCC15C)cc4-n1c4c3cc(C(C)(C)C)cc4c3oc4ccccc4c31)C(C)(C)CCC2(C)C. The molecule has 5 nitrogen and oxygen atoms in total. The number of hydrogen-bond donors (Lipinski definition) is 0. The largest absolute Gasteiger partial charge is 0.454 e. The third-order valence-corrected chi connectivity index (χ3v) is 24.9. The number of aromatic nitrogens is 1. The predicted octanol–water partition coefficient (Wildman–Crippen LogP) is 20.2. The first-order valence-corrected chi connectivity index (χ1v) is 33.6. The molecule has 0 amide bonds. The van der Waals surface area contributed by atoms with E-state index in [1.54, 1.807) is 0 Å². The number of furan rings is 1. The number of benzene rings is 7. The van der Waals surface area contributed by atoms with Gasteiger partial charge in [0.05, 0.1) is 16.6 Å². The van der Waals surface area contributed by atoms with Crippen molar-refractivity contribution in [1.29, 1.82) is 0 Å². The van der Waals surface area contributed by atoms with Crippen molar-refractivity contribution in [3.8, 4) is 5.69 Å². The van der Waals surface area contributed by atoms with Gasteiger partial charge in [-0.15, -0.1) is 0 Å². The van der Waals surface area contributed by atoms with Crippen LogP contribution in [0.2, 0.25) is 0 Å². The predicted molar refractivity (Wildman–Crippen MR) is 372 cm³/mol. The summed E-state index contributed by atoms with van der Waals surface area (Å²) in [5.41, 5.74) is 30.1. The van der Waals surface area contributed by atoms with E-state index in [-0.39, 0.29) is 55.7 Å². The molecule has 0 spiro atoms. The van der Waals surface area contributed by atoms with E-state index in [0.29, 0.717) is 0 Å². The summed E-state index contributed by atoms with van der Waals surface area (Å²) in [6.07, 6.45) is 11.9. The van der Waals surface area contributed by atoms with Crippen molar-refractivity contribution in [1.82, 2.24) is 4.57 Å². The normalized spacial score (nSPS) is 24.9. The molecule has 446 valence electrons. The monoisotopic (exact) mass is 1150 g/mol. The van der Waals surface area contributed by atoms with Crippen LogP contribution in [-0.4, -0.2) is 22.4 Å².